The zero-order chi connectivity index (χ0) is 24.9. The number of halogens is 3. The second-order valence-electron chi connectivity index (χ2n) is 7.86. The van der Waals surface area contributed by atoms with Gasteiger partial charge in [-0.1, -0.05) is 28.1 Å². The maximum atomic E-state index is 13.8. The molecule has 0 aliphatic rings. The number of benzene rings is 2. The van der Waals surface area contributed by atoms with Crippen LogP contribution in [-0.2, 0) is 26.2 Å². The summed E-state index contributed by atoms with van der Waals surface area (Å²) >= 11 is 3.34. The first-order valence-corrected chi connectivity index (χ1v) is 12.7. The fourth-order valence-corrected chi connectivity index (χ4v) is 4.13. The van der Waals surface area contributed by atoms with Crippen molar-refractivity contribution in [2.75, 3.05) is 17.1 Å². The highest BCUT2D eigenvalue weighted by molar-refractivity contribution is 9.10. The van der Waals surface area contributed by atoms with Crippen LogP contribution in [-0.4, -0.2) is 50.0 Å². The van der Waals surface area contributed by atoms with Crippen molar-refractivity contribution in [1.82, 2.24) is 10.2 Å². The number of nitrogens with one attached hydrogen (secondary N) is 1. The Balaban J connectivity index is 2.40. The van der Waals surface area contributed by atoms with E-state index in [1.807, 2.05) is 0 Å². The first-order chi connectivity index (χ1) is 15.3. The Labute approximate surface area is 200 Å². The predicted octanol–water partition coefficient (Wildman–Crippen LogP) is 3.44. The van der Waals surface area contributed by atoms with Crippen LogP contribution >= 0.6 is 15.9 Å². The van der Waals surface area contributed by atoms with E-state index in [-0.39, 0.29) is 18.3 Å². The number of carbonyl (C=O) groups excluding carboxylic acids is 2. The Morgan fingerprint density at radius 3 is 2.15 bits per heavy atom. The third-order valence-electron chi connectivity index (χ3n) is 4.73. The van der Waals surface area contributed by atoms with Crippen LogP contribution < -0.4 is 9.62 Å². The molecule has 0 fully saturated rings. The van der Waals surface area contributed by atoms with Crippen LogP contribution in [0.4, 0.5) is 14.5 Å². The summed E-state index contributed by atoms with van der Waals surface area (Å²) in [5, 5.41) is 2.74. The van der Waals surface area contributed by atoms with Crippen LogP contribution in [0.25, 0.3) is 0 Å². The summed E-state index contributed by atoms with van der Waals surface area (Å²) in [6.45, 7) is 4.44. The van der Waals surface area contributed by atoms with Gasteiger partial charge in [0.25, 0.3) is 0 Å². The Kier molecular flexibility index (Phi) is 8.96. The molecule has 1 N–H and O–H groups in total. The van der Waals surface area contributed by atoms with Gasteiger partial charge in [0.15, 0.2) is 11.6 Å². The Bertz CT molecular complexity index is 1110. The predicted molar refractivity (Wildman–Crippen MR) is 126 cm³/mol. The molecule has 0 aromatic heterocycles. The largest absolute Gasteiger partial charge is 0.352 e. The number of carbonyl (C=O) groups is 2. The van der Waals surface area contributed by atoms with Gasteiger partial charge in [0.2, 0.25) is 21.8 Å². The van der Waals surface area contributed by atoms with Crippen LogP contribution in [0.15, 0.2) is 46.9 Å². The number of hydrogen-bond acceptors (Lipinski definition) is 4. The summed E-state index contributed by atoms with van der Waals surface area (Å²) in [5.74, 6) is -3.48. The molecule has 33 heavy (non-hydrogen) atoms. The maximum absolute atomic E-state index is 13.8. The van der Waals surface area contributed by atoms with Gasteiger partial charge in [-0.05, 0) is 50.6 Å². The zero-order valence-corrected chi connectivity index (χ0v) is 21.1. The van der Waals surface area contributed by atoms with Gasteiger partial charge >= 0.3 is 0 Å². The summed E-state index contributed by atoms with van der Waals surface area (Å²) < 4.78 is 53.4. The molecule has 2 amide bonds. The van der Waals surface area contributed by atoms with E-state index in [0.717, 1.165) is 28.4 Å². The summed E-state index contributed by atoms with van der Waals surface area (Å²) in [4.78, 5) is 27.2. The van der Waals surface area contributed by atoms with Crippen LogP contribution in [0.1, 0.15) is 26.3 Å². The standard InChI is InChI=1S/C22H26BrF2N3O4S/c1-14(2)26-22(30)15(3)27(12-16-5-7-17(23)8-6-16)21(29)13-28(33(4,31)32)18-9-10-19(24)20(25)11-18/h5-11,14-15H,12-13H2,1-4H3,(H,26,30)/t15-/m0/s1. The van der Waals surface area contributed by atoms with Gasteiger partial charge in [0, 0.05) is 23.1 Å². The van der Waals surface area contributed by atoms with Gasteiger partial charge in [0.05, 0.1) is 11.9 Å². The molecule has 7 nitrogen and oxygen atoms in total. The van der Waals surface area contributed by atoms with Gasteiger partial charge in [0.1, 0.15) is 12.6 Å². The molecular formula is C22H26BrF2N3O4S. The topological polar surface area (TPSA) is 86.8 Å². The SMILES string of the molecule is CC(C)NC(=O)[C@H](C)N(Cc1ccc(Br)cc1)C(=O)CN(c1ccc(F)c(F)c1)S(C)(=O)=O. The molecule has 0 radical (unpaired) electrons. The fourth-order valence-electron chi connectivity index (χ4n) is 3.03. The van der Waals surface area contributed by atoms with Crippen molar-refractivity contribution in [2.24, 2.45) is 0 Å². The second kappa shape index (κ2) is 11.1. The molecule has 0 saturated heterocycles. The van der Waals surface area contributed by atoms with Crippen molar-refractivity contribution in [3.05, 3.63) is 64.1 Å². The molecule has 0 aliphatic heterocycles. The van der Waals surface area contributed by atoms with E-state index < -0.39 is 46.1 Å². The molecule has 1 atom stereocenters. The number of sulfonamides is 1. The summed E-state index contributed by atoms with van der Waals surface area (Å²) in [7, 11) is -4.03. The molecule has 0 spiro atoms. The van der Waals surface area contributed by atoms with E-state index in [1.54, 1.807) is 38.1 Å². The average molecular weight is 546 g/mol. The lowest BCUT2D eigenvalue weighted by Gasteiger charge is -2.32. The van der Waals surface area contributed by atoms with E-state index in [1.165, 1.54) is 11.8 Å². The van der Waals surface area contributed by atoms with E-state index in [2.05, 4.69) is 21.2 Å². The normalized spacial score (nSPS) is 12.4. The molecule has 11 heteroatoms. The Morgan fingerprint density at radius 2 is 1.64 bits per heavy atom. The van der Waals surface area contributed by atoms with E-state index in [4.69, 9.17) is 0 Å². The molecule has 180 valence electrons. The summed E-state index contributed by atoms with van der Waals surface area (Å²) in [6, 6.07) is 8.56. The van der Waals surface area contributed by atoms with Crippen LogP contribution in [0.3, 0.4) is 0 Å². The van der Waals surface area contributed by atoms with E-state index >= 15 is 0 Å². The van der Waals surface area contributed by atoms with Crippen LogP contribution in [0.2, 0.25) is 0 Å². The van der Waals surface area contributed by atoms with Crippen molar-refractivity contribution in [3.63, 3.8) is 0 Å². The molecule has 0 aliphatic carbocycles. The Hall–Kier alpha value is -2.53. The van der Waals surface area contributed by atoms with E-state index in [9.17, 15) is 26.8 Å². The number of rotatable bonds is 9. The molecule has 2 rings (SSSR count). The maximum Gasteiger partial charge on any atom is 0.244 e. The highest BCUT2D eigenvalue weighted by atomic mass is 79.9. The van der Waals surface area contributed by atoms with Crippen molar-refractivity contribution in [1.29, 1.82) is 0 Å². The molecule has 0 heterocycles. The van der Waals surface area contributed by atoms with Crippen LogP contribution in [0, 0.1) is 11.6 Å². The van der Waals surface area contributed by atoms with Gasteiger partial charge in [-0.25, -0.2) is 17.2 Å². The third-order valence-corrected chi connectivity index (χ3v) is 6.40. The quantitative estimate of drug-likeness (QED) is 0.523. The van der Waals surface area contributed by atoms with Gasteiger partial charge in [-0.2, -0.15) is 0 Å². The molecule has 0 bridgehead atoms. The molecule has 0 unspecified atom stereocenters. The highest BCUT2D eigenvalue weighted by Gasteiger charge is 2.30. The average Bonchev–Trinajstić information content (AvgIpc) is 2.71. The second-order valence-corrected chi connectivity index (χ2v) is 10.7. The number of amides is 2. The smallest absolute Gasteiger partial charge is 0.244 e. The van der Waals surface area contributed by atoms with Gasteiger partial charge in [-0.15, -0.1) is 0 Å². The van der Waals surface area contributed by atoms with Crippen molar-refractivity contribution >= 4 is 43.5 Å². The first-order valence-electron chi connectivity index (χ1n) is 10.1. The van der Waals surface area contributed by atoms with Crippen LogP contribution in [0.5, 0.6) is 0 Å². The fraction of sp³-hybridized carbons (Fsp3) is 0.364. The number of hydrogen-bond donors (Lipinski definition) is 1. The van der Waals surface area contributed by atoms with Crippen molar-refractivity contribution < 1.29 is 26.8 Å². The molecular weight excluding hydrogens is 520 g/mol. The summed E-state index contributed by atoms with van der Waals surface area (Å²) in [6.07, 6.45) is 0.857. The van der Waals surface area contributed by atoms with Crippen molar-refractivity contribution in [2.45, 2.75) is 39.4 Å². The minimum atomic E-state index is -4.03. The highest BCUT2D eigenvalue weighted by Crippen LogP contribution is 2.22. The zero-order valence-electron chi connectivity index (χ0n) is 18.7. The number of nitrogens with zero attached hydrogens (tertiary/aromatic N) is 2. The summed E-state index contributed by atoms with van der Waals surface area (Å²) in [5.41, 5.74) is 0.516. The van der Waals surface area contributed by atoms with Gasteiger partial charge < -0.3 is 10.2 Å². The molecule has 2 aromatic carbocycles. The number of anilines is 1. The lowest BCUT2D eigenvalue weighted by atomic mass is 10.1. The van der Waals surface area contributed by atoms with Crippen molar-refractivity contribution in [3.8, 4) is 0 Å². The molecule has 0 saturated carbocycles. The van der Waals surface area contributed by atoms with Gasteiger partial charge in [-0.3, -0.25) is 13.9 Å². The first kappa shape index (κ1) is 26.7. The Morgan fingerprint density at radius 1 is 1.03 bits per heavy atom. The minimum Gasteiger partial charge on any atom is -0.352 e. The lowest BCUT2D eigenvalue weighted by Crippen LogP contribution is -2.52. The lowest BCUT2D eigenvalue weighted by molar-refractivity contribution is -0.139. The van der Waals surface area contributed by atoms with E-state index in [0.29, 0.717) is 10.4 Å². The molecule has 2 aromatic rings. The monoisotopic (exact) mass is 545 g/mol. The third kappa shape index (κ3) is 7.50. The minimum absolute atomic E-state index is 0.0359.